The van der Waals surface area contributed by atoms with Crippen LogP contribution >= 0.6 is 0 Å². The van der Waals surface area contributed by atoms with Crippen molar-refractivity contribution in [3.63, 3.8) is 0 Å². The van der Waals surface area contributed by atoms with Gasteiger partial charge in [-0.25, -0.2) is 34.9 Å². The van der Waals surface area contributed by atoms with Crippen molar-refractivity contribution in [1.82, 2.24) is 39.9 Å². The fourth-order valence-corrected chi connectivity index (χ4v) is 14.0. The van der Waals surface area contributed by atoms with Gasteiger partial charge in [0.15, 0.2) is 0 Å². The molecule has 0 aliphatic heterocycles. The van der Waals surface area contributed by atoms with Gasteiger partial charge in [0.2, 0.25) is 0 Å². The van der Waals surface area contributed by atoms with Crippen molar-refractivity contribution in [3.8, 4) is 56.0 Å². The maximum atomic E-state index is 5.13. The van der Waals surface area contributed by atoms with Gasteiger partial charge in [-0.1, -0.05) is 356 Å². The van der Waals surface area contributed by atoms with Crippen LogP contribution in [0.25, 0.3) is 154 Å². The van der Waals surface area contributed by atoms with E-state index < -0.39 is 0 Å². The van der Waals surface area contributed by atoms with Crippen LogP contribution in [0.2, 0.25) is 0 Å². The minimum absolute atomic E-state index is 0.0586. The number of fused-ring (bicyclic) bond motifs is 15. The van der Waals surface area contributed by atoms with Gasteiger partial charge in [-0.2, -0.15) is 0 Å². The fourth-order valence-electron chi connectivity index (χ4n) is 14.0. The maximum absolute atomic E-state index is 5.13. The van der Waals surface area contributed by atoms with Gasteiger partial charge in [-0.15, -0.1) is 0 Å². The molecule has 0 atom stereocenters. The Hall–Kier alpha value is -12.3. The summed E-state index contributed by atoms with van der Waals surface area (Å²) in [7, 11) is 0. The molecule has 0 aliphatic carbocycles. The Labute approximate surface area is 621 Å². The molecule has 8 heteroatoms. The molecule has 18 aromatic rings. The highest BCUT2D eigenvalue weighted by molar-refractivity contribution is 6.27. The molecule has 106 heavy (non-hydrogen) atoms. The predicted octanol–water partition coefficient (Wildman–Crippen LogP) is 25.8. The van der Waals surface area contributed by atoms with Crippen molar-refractivity contribution >= 4 is 97.6 Å². The van der Waals surface area contributed by atoms with Gasteiger partial charge in [-0.3, -0.25) is 4.98 Å². The molecule has 518 valence electrons. The molecule has 0 saturated heterocycles. The first-order valence-corrected chi connectivity index (χ1v) is 36.7. The lowest BCUT2D eigenvalue weighted by molar-refractivity contribution is 0.549. The Morgan fingerprint density at radius 2 is 0.604 bits per heavy atom. The summed E-state index contributed by atoms with van der Waals surface area (Å²) in [6.07, 6.45) is 1.90. The van der Waals surface area contributed by atoms with Crippen molar-refractivity contribution < 1.29 is 0 Å². The molecular weight excluding hydrogens is 1290 g/mol. The molecule has 18 rings (SSSR count). The number of hydrogen-bond donors (Lipinski definition) is 0. The monoisotopic (exact) mass is 1370 g/mol. The highest BCUT2D eigenvalue weighted by atomic mass is 14.9. The molecule has 13 aromatic carbocycles. The lowest BCUT2D eigenvalue weighted by Crippen LogP contribution is -2.16. The highest BCUT2D eigenvalue weighted by Gasteiger charge is 2.27. The SMILES string of the molecule is CC(C)(C)c1cc(-c2ccccc2)c2ccc3c(-c4ccccc4)ccnc3c2n1.CC(C)(C)c1nc(-c2ccccc2)c2c(ccc3ccccc32)n1.CC(C)(C)c1nc(-c2ccccc2)c2c3ccccc3c3ccccc3c2n1.CC(C)(C)c1nc(-c2ccccc2)c2ccc3ccccc3c2n1. The summed E-state index contributed by atoms with van der Waals surface area (Å²) in [5.41, 5.74) is 16.9. The lowest BCUT2D eigenvalue weighted by Gasteiger charge is -2.21. The minimum Gasteiger partial charge on any atom is -0.254 e. The van der Waals surface area contributed by atoms with Crippen molar-refractivity contribution in [2.24, 2.45) is 0 Å². The first-order chi connectivity index (χ1) is 51.1. The number of nitrogens with zero attached hydrogens (tertiary/aromatic N) is 8. The van der Waals surface area contributed by atoms with Crippen LogP contribution in [0, 0.1) is 0 Å². The van der Waals surface area contributed by atoms with E-state index in [1.807, 2.05) is 30.5 Å². The molecule has 0 radical (unpaired) electrons. The van der Waals surface area contributed by atoms with Crippen molar-refractivity contribution in [1.29, 1.82) is 0 Å². The molecule has 0 aliphatic rings. The van der Waals surface area contributed by atoms with E-state index >= 15 is 0 Å². The summed E-state index contributed by atoms with van der Waals surface area (Å²) in [6, 6.07) is 104. The third-order valence-corrected chi connectivity index (χ3v) is 19.5. The van der Waals surface area contributed by atoms with Gasteiger partial charge in [-0.05, 0) is 78.8 Å². The second-order valence-corrected chi connectivity index (χ2v) is 31.5. The molecule has 5 aromatic heterocycles. The van der Waals surface area contributed by atoms with Gasteiger partial charge in [0, 0.05) is 87.9 Å². The molecule has 0 amide bonds. The van der Waals surface area contributed by atoms with Crippen molar-refractivity contribution in [2.45, 2.75) is 105 Å². The maximum Gasteiger partial charge on any atom is 0.135 e. The first-order valence-electron chi connectivity index (χ1n) is 36.7. The molecular formula is C98H86N8. The molecule has 5 heterocycles. The van der Waals surface area contributed by atoms with E-state index in [1.165, 1.54) is 65.3 Å². The van der Waals surface area contributed by atoms with E-state index in [0.717, 1.165) is 111 Å². The van der Waals surface area contributed by atoms with Crippen molar-refractivity contribution in [3.05, 3.63) is 327 Å². The normalized spacial score (nSPS) is 12.0. The zero-order valence-corrected chi connectivity index (χ0v) is 62.4. The number of benzene rings is 13. The standard InChI is InChI=1S/C28H24N2.C26H22N2.2C22H20N2/c1-28(2,3)25-18-24(20-12-8-5-9-13-20)23-15-14-22-21(19-10-6-4-7-11-19)16-17-29-26(22)27(23)30-25;1-26(2,3)25-27-23(17-11-5-4-6-12-17)22-20-15-9-7-13-18(20)19-14-8-10-16-21(19)24(22)28-25;1-22(2,3)21-23-18-14-13-15-9-7-8-12-17(15)19(18)20(24-21)16-10-5-4-6-11-16;1-22(2,3)21-23-19(16-10-5-4-6-11-16)18-14-13-15-9-7-8-12-17(15)20(18)24-21/h4-18H,1-3H3;4-16H,1-3H3;2*4-14H,1-3H3. The van der Waals surface area contributed by atoms with E-state index in [0.29, 0.717) is 0 Å². The van der Waals surface area contributed by atoms with E-state index in [-0.39, 0.29) is 21.7 Å². The molecule has 0 N–H and O–H groups in total. The second-order valence-electron chi connectivity index (χ2n) is 31.5. The lowest BCUT2D eigenvalue weighted by atomic mass is 9.88. The molecule has 0 spiro atoms. The predicted molar refractivity (Wildman–Crippen MR) is 448 cm³/mol. The smallest absolute Gasteiger partial charge is 0.135 e. The minimum atomic E-state index is -0.134. The Morgan fingerprint density at radius 3 is 1.14 bits per heavy atom. The van der Waals surface area contributed by atoms with Crippen LogP contribution in [0.5, 0.6) is 0 Å². The van der Waals surface area contributed by atoms with Crippen LogP contribution in [-0.4, -0.2) is 39.9 Å². The highest BCUT2D eigenvalue weighted by Crippen LogP contribution is 2.43. The summed E-state index contributed by atoms with van der Waals surface area (Å²) in [4.78, 5) is 39.9. The molecule has 8 nitrogen and oxygen atoms in total. The summed E-state index contributed by atoms with van der Waals surface area (Å²) in [5.74, 6) is 2.63. The number of hydrogen-bond acceptors (Lipinski definition) is 8. The Kier molecular flexibility index (Phi) is 18.6. The number of rotatable bonds is 5. The second kappa shape index (κ2) is 28.4. The van der Waals surface area contributed by atoms with E-state index in [4.69, 9.17) is 39.9 Å². The summed E-state index contributed by atoms with van der Waals surface area (Å²) in [5, 5.41) is 15.3. The molecule has 0 fully saturated rings. The third-order valence-electron chi connectivity index (χ3n) is 19.5. The van der Waals surface area contributed by atoms with Gasteiger partial charge < -0.3 is 0 Å². The van der Waals surface area contributed by atoms with Crippen LogP contribution in [0.1, 0.15) is 106 Å². The van der Waals surface area contributed by atoms with E-state index in [9.17, 15) is 0 Å². The zero-order valence-electron chi connectivity index (χ0n) is 62.4. The number of aromatic nitrogens is 8. The zero-order chi connectivity index (χ0) is 73.5. The van der Waals surface area contributed by atoms with Gasteiger partial charge in [0.1, 0.15) is 17.5 Å². The Balaban J connectivity index is 0.000000114. The van der Waals surface area contributed by atoms with Crippen molar-refractivity contribution in [2.75, 3.05) is 0 Å². The van der Waals surface area contributed by atoms with Crippen LogP contribution in [-0.2, 0) is 21.7 Å². The van der Waals surface area contributed by atoms with Crippen LogP contribution in [0.3, 0.4) is 0 Å². The largest absolute Gasteiger partial charge is 0.254 e. The molecule has 0 saturated carbocycles. The topological polar surface area (TPSA) is 103 Å². The Morgan fingerprint density at radius 1 is 0.217 bits per heavy atom. The average molecular weight is 1380 g/mol. The molecule has 0 unspecified atom stereocenters. The average Bonchev–Trinajstić information content (AvgIpc) is 0.742. The Bertz CT molecular complexity index is 6270. The fraction of sp³-hybridized carbons (Fsp3) is 0.163. The third kappa shape index (κ3) is 13.9. The first kappa shape index (κ1) is 69.5. The van der Waals surface area contributed by atoms with Gasteiger partial charge >= 0.3 is 0 Å². The van der Waals surface area contributed by atoms with E-state index in [2.05, 4.69) is 356 Å². The van der Waals surface area contributed by atoms with Gasteiger partial charge in [0.25, 0.3) is 0 Å². The van der Waals surface area contributed by atoms with Gasteiger partial charge in [0.05, 0.1) is 44.7 Å². The summed E-state index contributed by atoms with van der Waals surface area (Å²) in [6.45, 7) is 26.1. The van der Waals surface area contributed by atoms with Crippen LogP contribution < -0.4 is 0 Å². The van der Waals surface area contributed by atoms with E-state index in [1.54, 1.807) is 0 Å². The quantitative estimate of drug-likeness (QED) is 0.157. The van der Waals surface area contributed by atoms with Crippen LogP contribution in [0.4, 0.5) is 0 Å². The summed E-state index contributed by atoms with van der Waals surface area (Å²) < 4.78 is 0. The number of pyridine rings is 2. The summed E-state index contributed by atoms with van der Waals surface area (Å²) >= 11 is 0. The van der Waals surface area contributed by atoms with Crippen LogP contribution in [0.15, 0.2) is 303 Å². The molecule has 0 bridgehead atoms.